The van der Waals surface area contributed by atoms with Crippen LogP contribution < -0.4 is 10.4 Å². The molecule has 0 spiro atoms. The Bertz CT molecular complexity index is 1580. The fourth-order valence-electron chi connectivity index (χ4n) is 7.17. The van der Waals surface area contributed by atoms with Crippen molar-refractivity contribution in [1.82, 2.24) is 0 Å². The zero-order valence-electron chi connectivity index (χ0n) is 30.0. The van der Waals surface area contributed by atoms with E-state index < -0.39 is 38.5 Å². The number of terminal acetylenes is 1. The van der Waals surface area contributed by atoms with Crippen LogP contribution in [-0.4, -0.2) is 57.3 Å². The summed E-state index contributed by atoms with van der Waals surface area (Å²) in [5, 5.41) is 13.9. The molecule has 4 aromatic carbocycles. The summed E-state index contributed by atoms with van der Waals surface area (Å²) in [4.78, 5) is 0. The van der Waals surface area contributed by atoms with E-state index in [1.165, 1.54) is 10.4 Å². The van der Waals surface area contributed by atoms with E-state index in [0.29, 0.717) is 13.0 Å². The van der Waals surface area contributed by atoms with Crippen LogP contribution in [0.5, 0.6) is 0 Å². The SMILES string of the molecule is C#C[C@H](OCc1ccccc1)[C@H](OCc1ccccc1)[C@@]1(OC)C[C@H](O)[C@@H](C)[C@@H](CCO[Si](c2ccccc2)(c2ccccc2)C(C)(C)C)O1. The number of rotatable bonds is 15. The summed E-state index contributed by atoms with van der Waals surface area (Å²) in [5.41, 5.74) is 1.96. The lowest BCUT2D eigenvalue weighted by Gasteiger charge is -2.50. The molecule has 50 heavy (non-hydrogen) atoms. The maximum Gasteiger partial charge on any atom is 0.261 e. The summed E-state index contributed by atoms with van der Waals surface area (Å²) in [6.07, 6.45) is 4.04. The molecule has 0 saturated carbocycles. The van der Waals surface area contributed by atoms with Gasteiger partial charge in [0.25, 0.3) is 8.32 Å². The van der Waals surface area contributed by atoms with E-state index >= 15 is 0 Å². The minimum absolute atomic E-state index is 0.170. The second-order valence-corrected chi connectivity index (χ2v) is 18.5. The van der Waals surface area contributed by atoms with Crippen LogP contribution in [0.2, 0.25) is 5.04 Å². The molecule has 6 nitrogen and oxygen atoms in total. The van der Waals surface area contributed by atoms with Crippen molar-refractivity contribution in [3.63, 3.8) is 0 Å². The molecule has 1 fully saturated rings. The Morgan fingerprint density at radius 2 is 1.30 bits per heavy atom. The molecule has 0 aliphatic carbocycles. The van der Waals surface area contributed by atoms with Gasteiger partial charge in [-0.2, -0.15) is 0 Å². The summed E-state index contributed by atoms with van der Waals surface area (Å²) in [5.74, 6) is 1.25. The molecule has 1 heterocycles. The number of aliphatic hydroxyl groups is 1. The molecule has 7 heteroatoms. The predicted molar refractivity (Wildman–Crippen MR) is 201 cm³/mol. The maximum atomic E-state index is 11.6. The molecule has 1 N–H and O–H groups in total. The van der Waals surface area contributed by atoms with Gasteiger partial charge in [0, 0.05) is 26.1 Å². The van der Waals surface area contributed by atoms with E-state index in [9.17, 15) is 5.11 Å². The number of aliphatic hydroxyl groups excluding tert-OH is 1. The van der Waals surface area contributed by atoms with Gasteiger partial charge in [0.1, 0.15) is 12.2 Å². The van der Waals surface area contributed by atoms with E-state index in [1.807, 2.05) is 79.7 Å². The summed E-state index contributed by atoms with van der Waals surface area (Å²) in [7, 11) is -1.19. The van der Waals surface area contributed by atoms with Crippen LogP contribution in [0.4, 0.5) is 0 Å². The molecule has 1 aliphatic rings. The predicted octanol–water partition coefficient (Wildman–Crippen LogP) is 6.89. The summed E-state index contributed by atoms with van der Waals surface area (Å²) in [6, 6.07) is 40.9. The Kier molecular flexibility index (Phi) is 12.9. The Balaban J connectivity index is 1.43. The molecule has 0 amide bonds. The zero-order chi connectivity index (χ0) is 35.6. The summed E-state index contributed by atoms with van der Waals surface area (Å²) < 4.78 is 33.4. The lowest BCUT2D eigenvalue weighted by atomic mass is 9.84. The van der Waals surface area contributed by atoms with Crippen LogP contribution in [0.3, 0.4) is 0 Å². The number of benzene rings is 4. The topological polar surface area (TPSA) is 66.4 Å². The third kappa shape index (κ3) is 8.47. The van der Waals surface area contributed by atoms with Gasteiger partial charge in [-0.3, -0.25) is 0 Å². The van der Waals surface area contributed by atoms with Gasteiger partial charge in [-0.15, -0.1) is 6.42 Å². The third-order valence-corrected chi connectivity index (χ3v) is 15.0. The second kappa shape index (κ2) is 17.1. The largest absolute Gasteiger partial charge is 0.407 e. The first kappa shape index (κ1) is 37.7. The van der Waals surface area contributed by atoms with Crippen molar-refractivity contribution < 1.29 is 28.5 Å². The number of hydrogen-bond donors (Lipinski definition) is 1. The quantitative estimate of drug-likeness (QED) is 0.108. The average Bonchev–Trinajstić information content (AvgIpc) is 3.14. The van der Waals surface area contributed by atoms with Crippen LogP contribution in [0.25, 0.3) is 0 Å². The van der Waals surface area contributed by atoms with E-state index in [0.717, 1.165) is 11.1 Å². The summed E-state index contributed by atoms with van der Waals surface area (Å²) >= 11 is 0. The highest BCUT2D eigenvalue weighted by molar-refractivity contribution is 6.99. The lowest BCUT2D eigenvalue weighted by Crippen LogP contribution is -2.67. The second-order valence-electron chi connectivity index (χ2n) is 14.2. The van der Waals surface area contributed by atoms with Crippen molar-refractivity contribution in [1.29, 1.82) is 0 Å². The fourth-order valence-corrected chi connectivity index (χ4v) is 11.7. The normalized spacial score (nSPS) is 22.4. The van der Waals surface area contributed by atoms with Crippen LogP contribution in [0.15, 0.2) is 121 Å². The molecule has 0 unspecified atom stereocenters. The van der Waals surface area contributed by atoms with E-state index in [2.05, 4.69) is 75.2 Å². The fraction of sp³-hybridized carbons (Fsp3) is 0.395. The van der Waals surface area contributed by atoms with Crippen LogP contribution in [-0.2, 0) is 36.6 Å². The Morgan fingerprint density at radius 1 is 0.820 bits per heavy atom. The van der Waals surface area contributed by atoms with Gasteiger partial charge >= 0.3 is 0 Å². The first-order chi connectivity index (χ1) is 24.1. The zero-order valence-corrected chi connectivity index (χ0v) is 31.0. The van der Waals surface area contributed by atoms with Crippen molar-refractivity contribution in [3.05, 3.63) is 132 Å². The van der Waals surface area contributed by atoms with Crippen LogP contribution in [0, 0.1) is 18.3 Å². The standard InChI is InChI=1S/C43H52O6Si/c1-7-39(46-31-34-20-12-8-13-21-34)41(47-32-35-22-14-9-15-23-35)43(45-6)30-38(44)33(2)40(49-43)28-29-48-50(42(3,4)5,36-24-16-10-17-25-36)37-26-18-11-19-27-37/h1,8-27,33,38-41,44H,28-32H2,2-6H3/t33-,38+,39+,40-,41+,43-/m1/s1. The van der Waals surface area contributed by atoms with Gasteiger partial charge in [-0.1, -0.05) is 155 Å². The van der Waals surface area contributed by atoms with Crippen molar-refractivity contribution in [2.45, 2.75) is 89.0 Å². The molecule has 0 aromatic heterocycles. The van der Waals surface area contributed by atoms with Crippen LogP contribution >= 0.6 is 0 Å². The Hall–Kier alpha value is -3.58. The highest BCUT2D eigenvalue weighted by atomic mass is 28.4. The number of ether oxygens (including phenoxy) is 4. The summed E-state index contributed by atoms with van der Waals surface area (Å²) in [6.45, 7) is 9.79. The molecule has 1 saturated heterocycles. The molecule has 1 aliphatic heterocycles. The molecular weight excluding hydrogens is 641 g/mol. The van der Waals surface area contributed by atoms with Crippen molar-refractivity contribution in [2.24, 2.45) is 5.92 Å². The Morgan fingerprint density at radius 3 is 1.76 bits per heavy atom. The van der Waals surface area contributed by atoms with E-state index in [4.69, 9.17) is 29.8 Å². The maximum absolute atomic E-state index is 11.6. The van der Waals surface area contributed by atoms with Gasteiger partial charge in [0.2, 0.25) is 5.79 Å². The van der Waals surface area contributed by atoms with Crippen LogP contribution in [0.1, 0.15) is 51.7 Å². The molecule has 0 bridgehead atoms. The average molecular weight is 693 g/mol. The lowest BCUT2D eigenvalue weighted by molar-refractivity contribution is -0.351. The first-order valence-corrected chi connectivity index (χ1v) is 19.5. The van der Waals surface area contributed by atoms with Crippen molar-refractivity contribution in [2.75, 3.05) is 13.7 Å². The minimum Gasteiger partial charge on any atom is -0.407 e. The molecule has 4 aromatic rings. The van der Waals surface area contributed by atoms with E-state index in [-0.39, 0.29) is 30.6 Å². The molecule has 0 radical (unpaired) electrons. The third-order valence-electron chi connectivity index (χ3n) is 9.94. The van der Waals surface area contributed by atoms with Gasteiger partial charge in [-0.25, -0.2) is 0 Å². The Labute approximate surface area is 299 Å². The van der Waals surface area contributed by atoms with E-state index in [1.54, 1.807) is 7.11 Å². The molecule has 264 valence electrons. The van der Waals surface area contributed by atoms with Crippen molar-refractivity contribution in [3.8, 4) is 12.3 Å². The number of hydrogen-bond acceptors (Lipinski definition) is 6. The molecular formula is C43H52O6Si. The van der Waals surface area contributed by atoms with Gasteiger partial charge in [-0.05, 0) is 33.0 Å². The monoisotopic (exact) mass is 692 g/mol. The smallest absolute Gasteiger partial charge is 0.261 e. The van der Waals surface area contributed by atoms with Gasteiger partial charge < -0.3 is 28.5 Å². The van der Waals surface area contributed by atoms with Crippen molar-refractivity contribution >= 4 is 18.7 Å². The minimum atomic E-state index is -2.78. The molecule has 5 rings (SSSR count). The molecule has 6 atom stereocenters. The highest BCUT2D eigenvalue weighted by Crippen LogP contribution is 2.41. The van der Waals surface area contributed by atoms with Gasteiger partial charge in [0.05, 0.1) is 25.4 Å². The van der Waals surface area contributed by atoms with Gasteiger partial charge in [0.15, 0.2) is 0 Å². The number of methoxy groups -OCH3 is 1. The highest BCUT2D eigenvalue weighted by Gasteiger charge is 2.54. The first-order valence-electron chi connectivity index (χ1n) is 17.6.